The van der Waals surface area contributed by atoms with Gasteiger partial charge in [-0.1, -0.05) is 0 Å². The van der Waals surface area contributed by atoms with Crippen LogP contribution in [0.3, 0.4) is 0 Å². The summed E-state index contributed by atoms with van der Waals surface area (Å²) >= 11 is 0. The second-order valence-corrected chi connectivity index (χ2v) is 5.35. The van der Waals surface area contributed by atoms with E-state index in [9.17, 15) is 9.50 Å². The van der Waals surface area contributed by atoms with Crippen LogP contribution in [0.2, 0.25) is 0 Å². The SMILES string of the molecule is C[C@H](O)c1cc(F)ccc1N1CCCC(CCO)C1. The molecule has 1 aromatic rings. The Morgan fingerprint density at radius 1 is 1.47 bits per heavy atom. The molecule has 0 aliphatic carbocycles. The van der Waals surface area contributed by atoms with Crippen LogP contribution in [0.1, 0.15) is 37.9 Å². The van der Waals surface area contributed by atoms with Crippen molar-refractivity contribution in [3.05, 3.63) is 29.6 Å². The fourth-order valence-corrected chi connectivity index (χ4v) is 2.85. The predicted molar refractivity (Wildman–Crippen MR) is 73.7 cm³/mol. The maximum absolute atomic E-state index is 13.3. The molecule has 0 radical (unpaired) electrons. The van der Waals surface area contributed by atoms with Crippen molar-refractivity contribution in [2.45, 2.75) is 32.3 Å². The van der Waals surface area contributed by atoms with E-state index in [1.807, 2.05) is 0 Å². The Morgan fingerprint density at radius 3 is 2.95 bits per heavy atom. The van der Waals surface area contributed by atoms with E-state index in [4.69, 9.17) is 5.11 Å². The van der Waals surface area contributed by atoms with Crippen LogP contribution < -0.4 is 4.90 Å². The molecule has 2 N–H and O–H groups in total. The van der Waals surface area contributed by atoms with Crippen molar-refractivity contribution in [2.24, 2.45) is 5.92 Å². The van der Waals surface area contributed by atoms with Gasteiger partial charge in [-0.25, -0.2) is 4.39 Å². The fraction of sp³-hybridized carbons (Fsp3) is 0.600. The van der Waals surface area contributed by atoms with Crippen LogP contribution >= 0.6 is 0 Å². The third kappa shape index (κ3) is 3.45. The van der Waals surface area contributed by atoms with E-state index in [2.05, 4.69) is 4.90 Å². The summed E-state index contributed by atoms with van der Waals surface area (Å²) in [7, 11) is 0. The van der Waals surface area contributed by atoms with Gasteiger partial charge in [0.25, 0.3) is 0 Å². The molecule has 1 aliphatic rings. The van der Waals surface area contributed by atoms with Crippen molar-refractivity contribution in [2.75, 3.05) is 24.6 Å². The van der Waals surface area contributed by atoms with Crippen LogP contribution in [-0.2, 0) is 0 Å². The van der Waals surface area contributed by atoms with Crippen molar-refractivity contribution >= 4 is 5.69 Å². The van der Waals surface area contributed by atoms with Crippen molar-refractivity contribution in [1.29, 1.82) is 0 Å². The highest BCUT2D eigenvalue weighted by atomic mass is 19.1. The maximum Gasteiger partial charge on any atom is 0.123 e. The minimum absolute atomic E-state index is 0.213. The fourth-order valence-electron chi connectivity index (χ4n) is 2.85. The van der Waals surface area contributed by atoms with Crippen molar-refractivity contribution in [1.82, 2.24) is 0 Å². The largest absolute Gasteiger partial charge is 0.396 e. The molecular formula is C15H22FNO2. The summed E-state index contributed by atoms with van der Waals surface area (Å²) in [5, 5.41) is 18.8. The molecule has 3 nitrogen and oxygen atoms in total. The maximum atomic E-state index is 13.3. The number of rotatable bonds is 4. The summed E-state index contributed by atoms with van der Waals surface area (Å²) in [6.07, 6.45) is 2.33. The van der Waals surface area contributed by atoms with Gasteiger partial charge < -0.3 is 15.1 Å². The zero-order valence-electron chi connectivity index (χ0n) is 11.3. The van der Waals surface area contributed by atoms with Gasteiger partial charge in [-0.3, -0.25) is 0 Å². The number of aliphatic hydroxyl groups is 2. The highest BCUT2D eigenvalue weighted by Crippen LogP contribution is 2.31. The first-order chi connectivity index (χ1) is 9.11. The van der Waals surface area contributed by atoms with Crippen LogP contribution in [0.5, 0.6) is 0 Å². The molecule has 1 saturated heterocycles. The van der Waals surface area contributed by atoms with E-state index in [1.54, 1.807) is 13.0 Å². The first-order valence-electron chi connectivity index (χ1n) is 6.95. The molecule has 1 unspecified atom stereocenters. The second-order valence-electron chi connectivity index (χ2n) is 5.35. The van der Waals surface area contributed by atoms with Gasteiger partial charge in [0, 0.05) is 30.9 Å². The lowest BCUT2D eigenvalue weighted by Gasteiger charge is -2.35. The molecule has 106 valence electrons. The van der Waals surface area contributed by atoms with Crippen molar-refractivity contribution in [3.8, 4) is 0 Å². The number of anilines is 1. The van der Waals surface area contributed by atoms with E-state index < -0.39 is 6.10 Å². The monoisotopic (exact) mass is 267 g/mol. The molecular weight excluding hydrogens is 245 g/mol. The average Bonchev–Trinajstić information content (AvgIpc) is 2.39. The Morgan fingerprint density at radius 2 is 2.26 bits per heavy atom. The first-order valence-corrected chi connectivity index (χ1v) is 6.95. The quantitative estimate of drug-likeness (QED) is 0.881. The molecule has 1 fully saturated rings. The molecule has 2 atom stereocenters. The number of benzene rings is 1. The standard InChI is InChI=1S/C15H22FNO2/c1-11(19)14-9-13(16)4-5-15(14)17-7-2-3-12(10-17)6-8-18/h4-5,9,11-12,18-19H,2-3,6-8,10H2,1H3/t11-,12?/m0/s1. The van der Waals surface area contributed by atoms with Crippen LogP contribution in [0.25, 0.3) is 0 Å². The zero-order chi connectivity index (χ0) is 13.8. The lowest BCUT2D eigenvalue weighted by molar-refractivity contribution is 0.198. The molecule has 4 heteroatoms. The van der Waals surface area contributed by atoms with Crippen LogP contribution in [0, 0.1) is 11.7 Å². The lowest BCUT2D eigenvalue weighted by Crippen LogP contribution is -2.36. The lowest BCUT2D eigenvalue weighted by atomic mass is 9.94. The van der Waals surface area contributed by atoms with Gasteiger partial charge in [-0.15, -0.1) is 0 Å². The summed E-state index contributed by atoms with van der Waals surface area (Å²) < 4.78 is 13.3. The van der Waals surface area contributed by atoms with Crippen LogP contribution in [0.4, 0.5) is 10.1 Å². The minimum Gasteiger partial charge on any atom is -0.396 e. The van der Waals surface area contributed by atoms with E-state index in [0.717, 1.165) is 38.0 Å². The molecule has 0 aromatic heterocycles. The van der Waals surface area contributed by atoms with Crippen molar-refractivity contribution < 1.29 is 14.6 Å². The topological polar surface area (TPSA) is 43.7 Å². The van der Waals surface area contributed by atoms with E-state index >= 15 is 0 Å². The Kier molecular flexibility index (Phi) is 4.77. The summed E-state index contributed by atoms with van der Waals surface area (Å²) in [6.45, 7) is 3.66. The highest BCUT2D eigenvalue weighted by Gasteiger charge is 2.22. The summed E-state index contributed by atoms with van der Waals surface area (Å²) in [5.74, 6) is 0.161. The molecule has 0 bridgehead atoms. The molecule has 0 spiro atoms. The van der Waals surface area contributed by atoms with Crippen molar-refractivity contribution in [3.63, 3.8) is 0 Å². The van der Waals surface area contributed by atoms with Gasteiger partial charge in [-0.2, -0.15) is 0 Å². The third-order valence-corrected chi connectivity index (χ3v) is 3.84. The van der Waals surface area contributed by atoms with Crippen LogP contribution in [0.15, 0.2) is 18.2 Å². The highest BCUT2D eigenvalue weighted by molar-refractivity contribution is 5.55. The molecule has 2 rings (SSSR count). The molecule has 0 amide bonds. The molecule has 0 saturated carbocycles. The molecule has 1 aromatic carbocycles. The van der Waals surface area contributed by atoms with Gasteiger partial charge in [0.05, 0.1) is 6.10 Å². The molecule has 1 aliphatic heterocycles. The van der Waals surface area contributed by atoms with E-state index in [0.29, 0.717) is 11.5 Å². The average molecular weight is 267 g/mol. The Bertz CT molecular complexity index is 421. The van der Waals surface area contributed by atoms with Gasteiger partial charge in [0.1, 0.15) is 5.82 Å². The predicted octanol–water partition coefficient (Wildman–Crippen LogP) is 2.48. The number of halogens is 1. The molecule has 1 heterocycles. The summed E-state index contributed by atoms with van der Waals surface area (Å²) in [6, 6.07) is 4.60. The summed E-state index contributed by atoms with van der Waals surface area (Å²) in [4.78, 5) is 2.20. The van der Waals surface area contributed by atoms with E-state index in [-0.39, 0.29) is 12.4 Å². The smallest absolute Gasteiger partial charge is 0.123 e. The number of piperidine rings is 1. The minimum atomic E-state index is -0.677. The Hall–Kier alpha value is -1.13. The van der Waals surface area contributed by atoms with Crippen LogP contribution in [-0.4, -0.2) is 29.9 Å². The number of aliphatic hydroxyl groups excluding tert-OH is 2. The normalized spacial score (nSPS) is 21.5. The molecule has 19 heavy (non-hydrogen) atoms. The number of hydrogen-bond acceptors (Lipinski definition) is 3. The van der Waals surface area contributed by atoms with Gasteiger partial charge >= 0.3 is 0 Å². The second kappa shape index (κ2) is 6.35. The van der Waals surface area contributed by atoms with Gasteiger partial charge in [0.15, 0.2) is 0 Å². The summed E-state index contributed by atoms with van der Waals surface area (Å²) in [5.41, 5.74) is 1.56. The Balaban J connectivity index is 2.20. The van der Waals surface area contributed by atoms with Gasteiger partial charge in [0.2, 0.25) is 0 Å². The number of nitrogens with zero attached hydrogens (tertiary/aromatic N) is 1. The zero-order valence-corrected chi connectivity index (χ0v) is 11.3. The Labute approximate surface area is 113 Å². The van der Waals surface area contributed by atoms with E-state index in [1.165, 1.54) is 12.1 Å². The number of hydrogen-bond donors (Lipinski definition) is 2. The van der Waals surface area contributed by atoms with Gasteiger partial charge in [-0.05, 0) is 50.3 Å². The first kappa shape index (κ1) is 14.3. The third-order valence-electron chi connectivity index (χ3n) is 3.84.